The van der Waals surface area contributed by atoms with E-state index < -0.39 is 5.91 Å². The first-order valence-corrected chi connectivity index (χ1v) is 9.73. The number of carbonyl (C=O) groups is 1. The van der Waals surface area contributed by atoms with E-state index in [2.05, 4.69) is 36.1 Å². The maximum Gasteiger partial charge on any atom is 0.293 e. The maximum atomic E-state index is 12.7. The van der Waals surface area contributed by atoms with Crippen LogP contribution in [-0.4, -0.2) is 55.4 Å². The zero-order valence-electron chi connectivity index (χ0n) is 16.6. The van der Waals surface area contributed by atoms with Crippen molar-refractivity contribution in [2.75, 3.05) is 12.8 Å². The first-order valence-electron chi connectivity index (χ1n) is 9.73. The molecule has 3 heterocycles. The van der Waals surface area contributed by atoms with E-state index in [0.29, 0.717) is 24.0 Å². The van der Waals surface area contributed by atoms with E-state index in [0.717, 1.165) is 12.8 Å². The Morgan fingerprint density at radius 1 is 1.40 bits per heavy atom. The van der Waals surface area contributed by atoms with Crippen molar-refractivity contribution in [3.63, 3.8) is 0 Å². The summed E-state index contributed by atoms with van der Waals surface area (Å²) in [7, 11) is 2.02. The van der Waals surface area contributed by atoms with Crippen molar-refractivity contribution in [3.8, 4) is 5.82 Å². The van der Waals surface area contributed by atoms with Crippen LogP contribution in [0, 0.1) is 0 Å². The van der Waals surface area contributed by atoms with E-state index in [1.54, 1.807) is 12.1 Å². The second kappa shape index (κ2) is 8.86. The Labute approximate surface area is 172 Å². The summed E-state index contributed by atoms with van der Waals surface area (Å²) >= 11 is 0. The van der Waals surface area contributed by atoms with Gasteiger partial charge in [0.2, 0.25) is 11.6 Å². The van der Waals surface area contributed by atoms with E-state index in [1.807, 2.05) is 7.05 Å². The van der Waals surface area contributed by atoms with E-state index in [4.69, 9.17) is 14.8 Å². The Morgan fingerprint density at radius 2 is 2.23 bits per heavy atom. The number of carbonyl (C=O) groups excluding carboxylic acids is 1. The van der Waals surface area contributed by atoms with E-state index in [-0.39, 0.29) is 17.3 Å². The molecule has 1 saturated carbocycles. The molecule has 30 heavy (non-hydrogen) atoms. The van der Waals surface area contributed by atoms with Crippen molar-refractivity contribution >= 4 is 17.9 Å². The minimum absolute atomic E-state index is 0.0595. The molecule has 3 N–H and O–H groups in total. The van der Waals surface area contributed by atoms with Crippen LogP contribution in [0.4, 0.5) is 5.82 Å². The summed E-state index contributed by atoms with van der Waals surface area (Å²) in [6.07, 6.45) is 8.79. The molecule has 0 aliphatic heterocycles. The average molecular weight is 413 g/mol. The third-order valence-corrected chi connectivity index (χ3v) is 5.17. The van der Waals surface area contributed by atoms with Gasteiger partial charge in [0.1, 0.15) is 5.76 Å². The molecule has 0 aromatic carbocycles. The lowest BCUT2D eigenvalue weighted by molar-refractivity contribution is 0.0947. The highest BCUT2D eigenvalue weighted by Gasteiger charge is 2.27. The van der Waals surface area contributed by atoms with Crippen molar-refractivity contribution in [1.29, 1.82) is 0 Å². The van der Waals surface area contributed by atoms with Crippen molar-refractivity contribution in [1.82, 2.24) is 35.6 Å². The van der Waals surface area contributed by atoms with Crippen molar-refractivity contribution in [2.24, 2.45) is 5.10 Å². The number of anilines is 1. The van der Waals surface area contributed by atoms with Gasteiger partial charge in [-0.2, -0.15) is 9.78 Å². The fraction of sp³-hybridized carbons (Fsp3) is 0.444. The van der Waals surface area contributed by atoms with Crippen LogP contribution < -0.4 is 11.2 Å². The molecule has 0 saturated heterocycles. The molecule has 1 aliphatic carbocycles. The number of nitrogens with one attached hydrogen (secondary N) is 1. The molecule has 12 heteroatoms. The van der Waals surface area contributed by atoms with Crippen LogP contribution in [0.25, 0.3) is 5.82 Å². The summed E-state index contributed by atoms with van der Waals surface area (Å²) in [5.74, 6) is 0.251. The molecule has 0 radical (unpaired) electrons. The molecule has 0 spiro atoms. The minimum atomic E-state index is -0.508. The van der Waals surface area contributed by atoms with Crippen LogP contribution in [0.3, 0.4) is 0 Å². The number of hydrogen-bond acceptors (Lipinski definition) is 10. The number of aromatic nitrogens is 5. The fourth-order valence-corrected chi connectivity index (χ4v) is 3.59. The van der Waals surface area contributed by atoms with Gasteiger partial charge in [-0.1, -0.05) is 24.5 Å². The highest BCUT2D eigenvalue weighted by Crippen LogP contribution is 2.24. The van der Waals surface area contributed by atoms with Crippen LogP contribution >= 0.6 is 0 Å². The molecule has 3 aromatic rings. The van der Waals surface area contributed by atoms with Crippen LogP contribution in [0.15, 0.2) is 32.5 Å². The van der Waals surface area contributed by atoms with Crippen molar-refractivity contribution in [3.05, 3.63) is 35.5 Å². The Kier molecular flexibility index (Phi) is 5.84. The predicted molar refractivity (Wildman–Crippen MR) is 106 cm³/mol. The molecular formula is C18H23N9O3. The van der Waals surface area contributed by atoms with Crippen LogP contribution in [0.1, 0.15) is 54.0 Å². The lowest BCUT2D eigenvalue weighted by atomic mass is 9.94. The van der Waals surface area contributed by atoms with Crippen LogP contribution in [0.2, 0.25) is 0 Å². The lowest BCUT2D eigenvalue weighted by Gasteiger charge is -2.31. The summed E-state index contributed by atoms with van der Waals surface area (Å²) in [6.45, 7) is 0.425. The number of hydrazone groups is 1. The predicted octanol–water partition coefficient (Wildman–Crippen LogP) is 1.35. The Morgan fingerprint density at radius 3 is 2.93 bits per heavy atom. The van der Waals surface area contributed by atoms with Crippen LogP contribution in [-0.2, 0) is 6.54 Å². The molecule has 1 amide bonds. The Balaban J connectivity index is 1.58. The second-order valence-electron chi connectivity index (χ2n) is 7.19. The summed E-state index contributed by atoms with van der Waals surface area (Å²) in [5, 5.41) is 19.4. The third-order valence-electron chi connectivity index (χ3n) is 5.17. The third kappa shape index (κ3) is 4.22. The average Bonchev–Trinajstić information content (AvgIpc) is 3.50. The second-order valence-corrected chi connectivity index (χ2v) is 7.19. The summed E-state index contributed by atoms with van der Waals surface area (Å²) in [5.41, 5.74) is 8.93. The highest BCUT2D eigenvalue weighted by molar-refractivity contribution is 5.94. The molecule has 0 unspecified atom stereocenters. The van der Waals surface area contributed by atoms with E-state index in [1.165, 1.54) is 36.4 Å². The van der Waals surface area contributed by atoms with Gasteiger partial charge in [0.15, 0.2) is 5.69 Å². The standard InChI is InChI=1S/C18H23N9O3/c1-26(12-6-3-2-4-7-12)11-14-15(18(28)22-20-10-13-8-5-9-29-13)21-25-27(14)17-16(19)23-30-24-17/h5,8-10,12H,2-4,6-7,11H2,1H3,(H2,19,23)(H,22,28)/b20-10-. The van der Waals surface area contributed by atoms with Gasteiger partial charge in [-0.05, 0) is 42.3 Å². The van der Waals surface area contributed by atoms with Crippen molar-refractivity contribution < 1.29 is 13.8 Å². The Bertz CT molecular complexity index is 1000. The molecule has 158 valence electrons. The molecule has 1 aliphatic rings. The van der Waals surface area contributed by atoms with Gasteiger partial charge in [-0.15, -0.1) is 5.10 Å². The summed E-state index contributed by atoms with van der Waals surface area (Å²) in [4.78, 5) is 14.9. The van der Waals surface area contributed by atoms with Gasteiger partial charge in [0, 0.05) is 12.6 Å². The minimum Gasteiger partial charge on any atom is -0.463 e. The van der Waals surface area contributed by atoms with Gasteiger partial charge in [0.05, 0.1) is 18.2 Å². The molecule has 12 nitrogen and oxygen atoms in total. The monoisotopic (exact) mass is 413 g/mol. The molecular weight excluding hydrogens is 390 g/mol. The lowest BCUT2D eigenvalue weighted by Crippen LogP contribution is -2.34. The fourth-order valence-electron chi connectivity index (χ4n) is 3.59. The number of amides is 1. The zero-order chi connectivity index (χ0) is 20.9. The topological polar surface area (TPSA) is 153 Å². The van der Waals surface area contributed by atoms with Gasteiger partial charge in [-0.3, -0.25) is 9.69 Å². The van der Waals surface area contributed by atoms with Crippen molar-refractivity contribution in [2.45, 2.75) is 44.7 Å². The van der Waals surface area contributed by atoms with Gasteiger partial charge in [0.25, 0.3) is 5.91 Å². The number of nitrogen functional groups attached to an aromatic ring is 1. The largest absolute Gasteiger partial charge is 0.463 e. The zero-order valence-corrected chi connectivity index (χ0v) is 16.6. The van der Waals surface area contributed by atoms with Gasteiger partial charge in [-0.25, -0.2) is 10.1 Å². The Hall–Kier alpha value is -3.54. The number of nitrogens with two attached hydrogens (primary N) is 1. The first kappa shape index (κ1) is 19.8. The van der Waals surface area contributed by atoms with Gasteiger partial charge >= 0.3 is 0 Å². The summed E-state index contributed by atoms with van der Waals surface area (Å²) < 4.78 is 11.2. The number of hydrogen-bond donors (Lipinski definition) is 2. The molecule has 0 atom stereocenters. The van der Waals surface area contributed by atoms with Gasteiger partial charge < -0.3 is 10.2 Å². The highest BCUT2D eigenvalue weighted by atomic mass is 16.6. The quantitative estimate of drug-likeness (QED) is 0.431. The summed E-state index contributed by atoms with van der Waals surface area (Å²) in [6, 6.07) is 3.86. The van der Waals surface area contributed by atoms with Crippen LogP contribution in [0.5, 0.6) is 0 Å². The molecule has 1 fully saturated rings. The SMILES string of the molecule is CN(Cc1c(C(=O)N/N=C\c2ccco2)nnn1-c1nonc1N)C1CCCCC1. The molecule has 4 rings (SSSR count). The molecule has 3 aromatic heterocycles. The smallest absolute Gasteiger partial charge is 0.293 e. The first-order chi connectivity index (χ1) is 14.6. The maximum absolute atomic E-state index is 12.7. The normalized spacial score (nSPS) is 15.3. The number of furan rings is 1. The molecule has 0 bridgehead atoms. The number of rotatable bonds is 7. The van der Waals surface area contributed by atoms with E-state index in [9.17, 15) is 4.79 Å². The number of nitrogens with zero attached hydrogens (tertiary/aromatic N) is 7. The van der Waals surface area contributed by atoms with E-state index >= 15 is 0 Å².